The average Bonchev–Trinajstić information content (AvgIpc) is 3.70. The minimum absolute atomic E-state index is 0.0879. The molecule has 0 radical (unpaired) electrons. The number of unbranched alkanes of at least 4 members (excludes halogenated alkanes) is 2. The number of benzene rings is 2. The van der Waals surface area contributed by atoms with Crippen molar-refractivity contribution >= 4 is 29.5 Å². The molecule has 0 spiro atoms. The van der Waals surface area contributed by atoms with Crippen molar-refractivity contribution in [3.63, 3.8) is 0 Å². The highest BCUT2D eigenvalue weighted by atomic mass is 32.2. The molecular weight excluding hydrogens is 598 g/mol. The predicted molar refractivity (Wildman–Crippen MR) is 168 cm³/mol. The van der Waals surface area contributed by atoms with Crippen molar-refractivity contribution in [1.82, 2.24) is 35.9 Å². The highest BCUT2D eigenvalue weighted by Gasteiger charge is 2.42. The molecule has 45 heavy (non-hydrogen) atoms. The highest BCUT2D eigenvalue weighted by molar-refractivity contribution is 8.00. The van der Waals surface area contributed by atoms with Crippen LogP contribution in [0.15, 0.2) is 66.9 Å². The SMILES string of the molecule is Nc1cc(CNC(=O)c2ccc(C(c3cccc(F)c3)n3nnc(CCCCC[C@@H]4SC[C@@H]5NC(=O)N[C@@H]54)c3F)cc2)ccn1. The summed E-state index contributed by atoms with van der Waals surface area (Å²) >= 11 is 1.88. The van der Waals surface area contributed by atoms with Crippen LogP contribution in [0.4, 0.5) is 19.4 Å². The molecule has 6 rings (SSSR count). The van der Waals surface area contributed by atoms with Crippen molar-refractivity contribution in [2.75, 3.05) is 11.5 Å². The van der Waals surface area contributed by atoms with Crippen LogP contribution < -0.4 is 21.7 Å². The first-order valence-electron chi connectivity index (χ1n) is 15.0. The summed E-state index contributed by atoms with van der Waals surface area (Å²) in [6.45, 7) is 0.280. The van der Waals surface area contributed by atoms with Crippen LogP contribution in [0.3, 0.4) is 0 Å². The minimum atomic E-state index is -0.790. The van der Waals surface area contributed by atoms with Gasteiger partial charge in [0.25, 0.3) is 5.91 Å². The van der Waals surface area contributed by atoms with Gasteiger partial charge in [-0.3, -0.25) is 4.79 Å². The van der Waals surface area contributed by atoms with E-state index < -0.39 is 17.8 Å². The molecular formula is C32H34F2N8O2S. The third-order valence-corrected chi connectivity index (χ3v) is 9.75. The summed E-state index contributed by atoms with van der Waals surface area (Å²) in [5.41, 5.74) is 8.32. The highest BCUT2D eigenvalue weighted by Crippen LogP contribution is 2.33. The Labute approximate surface area is 263 Å². The predicted octanol–water partition coefficient (Wildman–Crippen LogP) is 4.37. The van der Waals surface area contributed by atoms with E-state index in [9.17, 15) is 14.0 Å². The van der Waals surface area contributed by atoms with Crippen molar-refractivity contribution in [3.8, 4) is 0 Å². The summed E-state index contributed by atoms with van der Waals surface area (Å²) in [6, 6.07) is 15.6. The number of fused-ring (bicyclic) bond motifs is 1. The normalized spacial score (nSPS) is 19.5. The van der Waals surface area contributed by atoms with Gasteiger partial charge in [0.1, 0.15) is 23.4 Å². The third-order valence-electron chi connectivity index (χ3n) is 8.24. The number of amides is 3. The standard InChI is InChI=1S/C32H34F2N8O2S/c33-23-6-4-5-22(16-23)29(20-9-11-21(12-10-20)31(43)37-17-19-13-14-36-27(35)15-19)42-30(34)24(40-41-42)7-2-1-3-8-26-28-25(18-45-26)38-32(44)39-28/h4-6,9-16,25-26,28-29H,1-3,7-8,17-18H2,(H2,35,36)(H,37,43)(H2,38,39,44)/t25-,26-,28-,29?/m0/s1. The lowest BCUT2D eigenvalue weighted by Crippen LogP contribution is -2.36. The summed E-state index contributed by atoms with van der Waals surface area (Å²) in [5, 5.41) is 17.5. The molecule has 4 heterocycles. The van der Waals surface area contributed by atoms with Crippen molar-refractivity contribution < 1.29 is 18.4 Å². The molecule has 2 fully saturated rings. The zero-order valence-corrected chi connectivity index (χ0v) is 25.3. The van der Waals surface area contributed by atoms with E-state index in [1.54, 1.807) is 54.7 Å². The van der Waals surface area contributed by atoms with E-state index >= 15 is 4.39 Å². The smallest absolute Gasteiger partial charge is 0.315 e. The molecule has 13 heteroatoms. The van der Waals surface area contributed by atoms with Gasteiger partial charge in [-0.05, 0) is 72.4 Å². The van der Waals surface area contributed by atoms with E-state index in [2.05, 4.69) is 31.2 Å². The molecule has 1 unspecified atom stereocenters. The van der Waals surface area contributed by atoms with Crippen LogP contribution in [0.2, 0.25) is 0 Å². The molecule has 0 saturated carbocycles. The van der Waals surface area contributed by atoms with E-state index in [0.717, 1.165) is 37.0 Å². The van der Waals surface area contributed by atoms with Crippen LogP contribution in [0.1, 0.15) is 64.5 Å². The number of urea groups is 1. The number of hydrogen-bond acceptors (Lipinski definition) is 7. The molecule has 5 N–H and O–H groups in total. The van der Waals surface area contributed by atoms with Crippen LogP contribution in [-0.4, -0.2) is 55.0 Å². The van der Waals surface area contributed by atoms with E-state index in [-0.39, 0.29) is 36.3 Å². The molecule has 2 aliphatic rings. The van der Waals surface area contributed by atoms with E-state index in [1.807, 2.05) is 11.8 Å². The fourth-order valence-corrected chi connectivity index (χ4v) is 7.49. The zero-order chi connectivity index (χ0) is 31.3. The van der Waals surface area contributed by atoms with E-state index in [1.165, 1.54) is 16.8 Å². The summed E-state index contributed by atoms with van der Waals surface area (Å²) in [6.07, 6.45) is 5.59. The second-order valence-electron chi connectivity index (χ2n) is 11.3. The molecule has 2 aromatic carbocycles. The lowest BCUT2D eigenvalue weighted by atomic mass is 9.97. The first-order chi connectivity index (χ1) is 21.9. The number of aromatic nitrogens is 4. The van der Waals surface area contributed by atoms with Gasteiger partial charge in [0, 0.05) is 29.3 Å². The Balaban J connectivity index is 1.11. The number of nitrogens with two attached hydrogens (primary N) is 1. The Kier molecular flexibility index (Phi) is 9.24. The molecule has 2 saturated heterocycles. The van der Waals surface area contributed by atoms with Gasteiger partial charge in [-0.25, -0.2) is 18.9 Å². The van der Waals surface area contributed by atoms with Crippen molar-refractivity contribution in [2.24, 2.45) is 0 Å². The zero-order valence-electron chi connectivity index (χ0n) is 24.5. The Morgan fingerprint density at radius 3 is 2.71 bits per heavy atom. The average molecular weight is 633 g/mol. The number of aryl methyl sites for hydroxylation is 1. The molecule has 3 amide bonds. The number of anilines is 1. The van der Waals surface area contributed by atoms with Gasteiger partial charge in [0.15, 0.2) is 0 Å². The van der Waals surface area contributed by atoms with Gasteiger partial charge >= 0.3 is 6.03 Å². The fourth-order valence-electron chi connectivity index (χ4n) is 5.95. The Morgan fingerprint density at radius 2 is 1.91 bits per heavy atom. The lowest BCUT2D eigenvalue weighted by Gasteiger charge is -2.19. The number of thioether (sulfide) groups is 1. The summed E-state index contributed by atoms with van der Waals surface area (Å²) < 4.78 is 31.3. The maximum Gasteiger partial charge on any atom is 0.315 e. The molecule has 4 atom stereocenters. The van der Waals surface area contributed by atoms with Gasteiger partial charge in [0.2, 0.25) is 5.95 Å². The first-order valence-corrected chi connectivity index (χ1v) is 16.0. The maximum absolute atomic E-state index is 15.8. The number of nitrogen functional groups attached to an aromatic ring is 1. The minimum Gasteiger partial charge on any atom is -0.384 e. The van der Waals surface area contributed by atoms with Crippen LogP contribution in [-0.2, 0) is 13.0 Å². The Hall–Kier alpha value is -4.52. The van der Waals surface area contributed by atoms with Gasteiger partial charge in [0.05, 0.1) is 12.1 Å². The molecule has 234 valence electrons. The van der Waals surface area contributed by atoms with Crippen LogP contribution >= 0.6 is 11.8 Å². The largest absolute Gasteiger partial charge is 0.384 e. The van der Waals surface area contributed by atoms with Gasteiger partial charge in [-0.1, -0.05) is 42.3 Å². The van der Waals surface area contributed by atoms with E-state index in [4.69, 9.17) is 5.73 Å². The number of carbonyl (C=O) groups is 2. The number of hydrogen-bond donors (Lipinski definition) is 4. The first kappa shape index (κ1) is 30.5. The van der Waals surface area contributed by atoms with Crippen molar-refractivity contribution in [3.05, 3.63) is 107 Å². The summed E-state index contributed by atoms with van der Waals surface area (Å²) in [5.74, 6) is -0.0203. The molecule has 0 bridgehead atoms. The van der Waals surface area contributed by atoms with Crippen molar-refractivity contribution in [2.45, 2.75) is 62.0 Å². The molecule has 10 nitrogen and oxygen atoms in total. The van der Waals surface area contributed by atoms with Gasteiger partial charge in [-0.15, -0.1) is 5.10 Å². The van der Waals surface area contributed by atoms with E-state index in [0.29, 0.717) is 34.2 Å². The fraction of sp³-hybridized carbons (Fsp3) is 0.344. The van der Waals surface area contributed by atoms with Crippen molar-refractivity contribution in [1.29, 1.82) is 0 Å². The Bertz CT molecular complexity index is 1670. The van der Waals surface area contributed by atoms with Gasteiger partial charge < -0.3 is 21.7 Å². The molecule has 4 aromatic rings. The number of carbonyl (C=O) groups excluding carboxylic acids is 2. The summed E-state index contributed by atoms with van der Waals surface area (Å²) in [7, 11) is 0. The van der Waals surface area contributed by atoms with Gasteiger partial charge in [-0.2, -0.15) is 16.2 Å². The number of nitrogens with zero attached hydrogens (tertiary/aromatic N) is 4. The molecule has 2 aliphatic heterocycles. The second kappa shape index (κ2) is 13.6. The third kappa shape index (κ3) is 7.08. The summed E-state index contributed by atoms with van der Waals surface area (Å²) in [4.78, 5) is 28.4. The number of halogens is 2. The number of rotatable bonds is 12. The molecule has 2 aromatic heterocycles. The van der Waals surface area contributed by atoms with Crippen LogP contribution in [0, 0.1) is 11.8 Å². The Morgan fingerprint density at radius 1 is 1.07 bits per heavy atom. The quantitative estimate of drug-likeness (QED) is 0.134. The lowest BCUT2D eigenvalue weighted by molar-refractivity contribution is 0.0951. The maximum atomic E-state index is 15.8. The number of pyridine rings is 1. The number of nitrogens with one attached hydrogen (secondary N) is 3. The monoisotopic (exact) mass is 632 g/mol. The second-order valence-corrected chi connectivity index (χ2v) is 12.6. The van der Waals surface area contributed by atoms with Crippen LogP contribution in [0.25, 0.3) is 0 Å². The molecule has 0 aliphatic carbocycles. The van der Waals surface area contributed by atoms with Crippen LogP contribution in [0.5, 0.6) is 0 Å². The topological polar surface area (TPSA) is 140 Å².